The van der Waals surface area contributed by atoms with E-state index < -0.39 is 17.3 Å². The molecule has 7 heteroatoms. The van der Waals surface area contributed by atoms with E-state index in [2.05, 4.69) is 0 Å². The summed E-state index contributed by atoms with van der Waals surface area (Å²) in [5, 5.41) is 9.43. The van der Waals surface area contributed by atoms with Crippen LogP contribution in [0, 0.1) is 11.3 Å². The molecule has 0 N–H and O–H groups in total. The van der Waals surface area contributed by atoms with Crippen molar-refractivity contribution in [3.63, 3.8) is 0 Å². The molecule has 0 aromatic heterocycles. The Kier molecular flexibility index (Phi) is 4.31. The van der Waals surface area contributed by atoms with Gasteiger partial charge in [-0.15, -0.1) is 0 Å². The Bertz CT molecular complexity index is 723. The summed E-state index contributed by atoms with van der Waals surface area (Å²) in [5.74, 6) is 0.247. The lowest BCUT2D eigenvalue weighted by Crippen LogP contribution is -2.07. The molecule has 21 heavy (non-hydrogen) atoms. The number of benzene rings is 2. The molecule has 0 atom stereocenters. The van der Waals surface area contributed by atoms with Crippen molar-refractivity contribution < 1.29 is 17.9 Å². The van der Waals surface area contributed by atoms with E-state index in [-0.39, 0.29) is 16.5 Å². The zero-order chi connectivity index (χ0) is 15.6. The van der Waals surface area contributed by atoms with Crippen molar-refractivity contribution in [1.82, 2.24) is 0 Å². The number of hydrogen-bond acceptors (Lipinski definition) is 2. The van der Waals surface area contributed by atoms with Gasteiger partial charge in [-0.3, -0.25) is 0 Å². The highest BCUT2D eigenvalue weighted by molar-refractivity contribution is 6.34. The van der Waals surface area contributed by atoms with E-state index in [9.17, 15) is 13.2 Å². The summed E-state index contributed by atoms with van der Waals surface area (Å²) in [6.07, 6.45) is -4.60. The van der Waals surface area contributed by atoms with Crippen LogP contribution in [0.15, 0.2) is 36.4 Å². The lowest BCUT2D eigenvalue weighted by molar-refractivity contribution is -0.137. The van der Waals surface area contributed by atoms with Gasteiger partial charge >= 0.3 is 6.18 Å². The third kappa shape index (κ3) is 3.60. The summed E-state index contributed by atoms with van der Waals surface area (Å²) in [6.45, 7) is 0. The molecule has 0 aliphatic carbocycles. The molecule has 2 rings (SSSR count). The summed E-state index contributed by atoms with van der Waals surface area (Å²) in [7, 11) is 0. The molecule has 0 radical (unpaired) electrons. The lowest BCUT2D eigenvalue weighted by Gasteiger charge is -2.12. The van der Waals surface area contributed by atoms with Crippen LogP contribution < -0.4 is 4.74 Å². The summed E-state index contributed by atoms with van der Waals surface area (Å²) in [6, 6.07) is 8.86. The second-order valence-electron chi connectivity index (χ2n) is 3.99. The standard InChI is InChI=1S/C14H6Cl2F3NO/c15-9-1-4-12(16)13(6-9)21-10-2-3-11(14(17,18)19)8(5-10)7-20/h1-6H. The molecule has 0 fully saturated rings. The van der Waals surface area contributed by atoms with Gasteiger partial charge in [-0.2, -0.15) is 18.4 Å². The second kappa shape index (κ2) is 5.84. The summed E-state index contributed by atoms with van der Waals surface area (Å²) >= 11 is 11.7. The highest BCUT2D eigenvalue weighted by Gasteiger charge is 2.33. The molecule has 0 saturated carbocycles. The minimum atomic E-state index is -4.60. The van der Waals surface area contributed by atoms with Gasteiger partial charge in [0.25, 0.3) is 0 Å². The monoisotopic (exact) mass is 331 g/mol. The molecule has 0 saturated heterocycles. The molecular weight excluding hydrogens is 326 g/mol. The first-order valence-electron chi connectivity index (χ1n) is 5.55. The molecule has 2 nitrogen and oxygen atoms in total. The van der Waals surface area contributed by atoms with Gasteiger partial charge in [0.05, 0.1) is 22.2 Å². The van der Waals surface area contributed by atoms with E-state index >= 15 is 0 Å². The number of halogens is 5. The fourth-order valence-electron chi connectivity index (χ4n) is 1.61. The van der Waals surface area contributed by atoms with E-state index in [0.29, 0.717) is 5.02 Å². The van der Waals surface area contributed by atoms with Crippen LogP contribution in [0.1, 0.15) is 11.1 Å². The van der Waals surface area contributed by atoms with Crippen molar-refractivity contribution in [2.75, 3.05) is 0 Å². The zero-order valence-corrected chi connectivity index (χ0v) is 11.7. The first kappa shape index (κ1) is 15.5. The fraction of sp³-hybridized carbons (Fsp3) is 0.0714. The zero-order valence-electron chi connectivity index (χ0n) is 10.2. The number of rotatable bonds is 2. The smallest absolute Gasteiger partial charge is 0.417 e. The van der Waals surface area contributed by atoms with E-state index in [0.717, 1.165) is 18.2 Å². The Morgan fingerprint density at radius 2 is 1.76 bits per heavy atom. The van der Waals surface area contributed by atoms with Crippen LogP contribution in [0.5, 0.6) is 11.5 Å². The Balaban J connectivity index is 2.39. The van der Waals surface area contributed by atoms with E-state index in [1.165, 1.54) is 18.2 Å². The molecule has 0 unspecified atom stereocenters. The normalized spacial score (nSPS) is 11.0. The summed E-state index contributed by atoms with van der Waals surface area (Å²) < 4.78 is 43.4. The van der Waals surface area contributed by atoms with Gasteiger partial charge in [0, 0.05) is 11.1 Å². The maximum Gasteiger partial charge on any atom is 0.417 e. The fourth-order valence-corrected chi connectivity index (χ4v) is 1.93. The summed E-state index contributed by atoms with van der Waals surface area (Å²) in [4.78, 5) is 0. The SMILES string of the molecule is N#Cc1cc(Oc2cc(Cl)ccc2Cl)ccc1C(F)(F)F. The van der Waals surface area contributed by atoms with Crippen LogP contribution in [0.2, 0.25) is 10.0 Å². The van der Waals surface area contributed by atoms with Crippen molar-refractivity contribution >= 4 is 23.2 Å². The van der Waals surface area contributed by atoms with E-state index in [1.807, 2.05) is 0 Å². The Morgan fingerprint density at radius 1 is 1.05 bits per heavy atom. The Morgan fingerprint density at radius 3 is 2.38 bits per heavy atom. The molecular formula is C14H6Cl2F3NO. The van der Waals surface area contributed by atoms with Crippen molar-refractivity contribution in [2.24, 2.45) is 0 Å². The molecule has 0 aliphatic rings. The van der Waals surface area contributed by atoms with E-state index in [4.69, 9.17) is 33.2 Å². The van der Waals surface area contributed by atoms with Gasteiger partial charge in [-0.25, -0.2) is 0 Å². The first-order chi connectivity index (χ1) is 9.81. The second-order valence-corrected chi connectivity index (χ2v) is 4.84. The molecule has 0 aliphatic heterocycles. The molecule has 0 heterocycles. The Labute approximate surface area is 128 Å². The van der Waals surface area contributed by atoms with Crippen molar-refractivity contribution in [1.29, 1.82) is 5.26 Å². The summed E-state index contributed by atoms with van der Waals surface area (Å²) in [5.41, 5.74) is -1.55. The van der Waals surface area contributed by atoms with Crippen LogP contribution in [0.3, 0.4) is 0 Å². The van der Waals surface area contributed by atoms with Gasteiger partial charge in [0.1, 0.15) is 11.5 Å². The van der Waals surface area contributed by atoms with Gasteiger partial charge in [0.2, 0.25) is 0 Å². The van der Waals surface area contributed by atoms with Crippen LogP contribution >= 0.6 is 23.2 Å². The van der Waals surface area contributed by atoms with Crippen LogP contribution in [0.4, 0.5) is 13.2 Å². The maximum atomic E-state index is 12.7. The van der Waals surface area contributed by atoms with Crippen LogP contribution in [-0.2, 0) is 6.18 Å². The molecule has 0 spiro atoms. The first-order valence-corrected chi connectivity index (χ1v) is 6.31. The average Bonchev–Trinajstić information content (AvgIpc) is 2.41. The van der Waals surface area contributed by atoms with E-state index in [1.54, 1.807) is 6.07 Å². The third-order valence-electron chi connectivity index (χ3n) is 2.54. The highest BCUT2D eigenvalue weighted by Crippen LogP contribution is 2.36. The maximum absolute atomic E-state index is 12.7. The number of nitriles is 1. The molecule has 0 amide bonds. The van der Waals surface area contributed by atoms with Crippen LogP contribution in [-0.4, -0.2) is 0 Å². The number of nitrogens with zero attached hydrogens (tertiary/aromatic N) is 1. The number of hydrogen-bond donors (Lipinski definition) is 0. The largest absolute Gasteiger partial charge is 0.456 e. The van der Waals surface area contributed by atoms with Gasteiger partial charge < -0.3 is 4.74 Å². The minimum absolute atomic E-state index is 0.0590. The lowest BCUT2D eigenvalue weighted by atomic mass is 10.1. The van der Waals surface area contributed by atoms with Gasteiger partial charge in [0.15, 0.2) is 0 Å². The molecule has 108 valence electrons. The van der Waals surface area contributed by atoms with Gasteiger partial charge in [-0.1, -0.05) is 23.2 Å². The van der Waals surface area contributed by atoms with Gasteiger partial charge in [-0.05, 0) is 30.3 Å². The molecule has 2 aromatic rings. The quantitative estimate of drug-likeness (QED) is 0.709. The molecule has 0 bridgehead atoms. The predicted molar refractivity (Wildman–Crippen MR) is 72.7 cm³/mol. The highest BCUT2D eigenvalue weighted by atomic mass is 35.5. The predicted octanol–water partition coefficient (Wildman–Crippen LogP) is 5.68. The van der Waals surface area contributed by atoms with Crippen molar-refractivity contribution in [3.8, 4) is 17.6 Å². The topological polar surface area (TPSA) is 33.0 Å². The van der Waals surface area contributed by atoms with Crippen LogP contribution in [0.25, 0.3) is 0 Å². The van der Waals surface area contributed by atoms with Crippen molar-refractivity contribution in [3.05, 3.63) is 57.6 Å². The molecule has 2 aromatic carbocycles. The number of alkyl halides is 3. The average molecular weight is 332 g/mol. The Hall–Kier alpha value is -1.90. The third-order valence-corrected chi connectivity index (χ3v) is 3.09. The minimum Gasteiger partial charge on any atom is -0.456 e. The number of ether oxygens (including phenoxy) is 1. The van der Waals surface area contributed by atoms with Crippen molar-refractivity contribution in [2.45, 2.75) is 6.18 Å².